The molecule has 3 aromatic heterocycles. The van der Waals surface area contributed by atoms with Gasteiger partial charge in [0.15, 0.2) is 0 Å². The first kappa shape index (κ1) is 36.8. The van der Waals surface area contributed by atoms with Crippen molar-refractivity contribution in [2.45, 2.75) is 135 Å². The first-order valence-corrected chi connectivity index (χ1v) is 19.9. The van der Waals surface area contributed by atoms with Crippen LogP contribution >= 0.6 is 0 Å². The van der Waals surface area contributed by atoms with Gasteiger partial charge in [0.25, 0.3) is 0 Å². The predicted octanol–water partition coefficient (Wildman–Crippen LogP) is 7.49. The standard InChI is InChI=1S/2C12H20N.C8H12N.C5H7.2Ru/c2*1-5-10-9-13(8-4)12(7-3)11(10)6-2;1-6-5-9(4)8(3)7(6)2;1-3-5-4-2;;/h2*5-8H2,1-4H3;1-4H3;1,3-5H,2H3;;. The molecule has 0 aliphatic carbocycles. The summed E-state index contributed by atoms with van der Waals surface area (Å²) in [5, 5.41) is 0. The van der Waals surface area contributed by atoms with Crippen molar-refractivity contribution in [2.75, 3.05) is 0 Å². The first-order valence-electron chi connectivity index (χ1n) is 16.3. The Hall–Kier alpha value is -1.43. The molecule has 0 N–H and O–H groups in total. The number of allylic oxidation sites excluding steroid dienone is 3. The molecule has 0 fully saturated rings. The van der Waals surface area contributed by atoms with E-state index in [2.05, 4.69) is 120 Å². The van der Waals surface area contributed by atoms with Crippen molar-refractivity contribution in [3.8, 4) is 0 Å². The minimum atomic E-state index is 0.0561. The molecule has 3 aromatic rings. The Morgan fingerprint density at radius 2 is 1.02 bits per heavy atom. The van der Waals surface area contributed by atoms with Gasteiger partial charge in [-0.15, -0.1) is 0 Å². The maximum absolute atomic E-state index is 2.68. The van der Waals surface area contributed by atoms with Crippen molar-refractivity contribution >= 4 is 12.9 Å². The number of nitrogens with zero attached hydrogens (tertiary/aromatic N) is 3. The summed E-state index contributed by atoms with van der Waals surface area (Å²) in [6.45, 7) is 29.6. The zero-order chi connectivity index (χ0) is 31.6. The van der Waals surface area contributed by atoms with E-state index in [-0.39, 0.29) is 34.3 Å². The molecule has 0 bridgehead atoms. The van der Waals surface area contributed by atoms with E-state index in [0.717, 1.165) is 25.9 Å². The molecule has 0 atom stereocenters. The molecule has 0 radical (unpaired) electrons. The molecule has 5 heteroatoms. The first-order chi connectivity index (χ1) is 20.2. The molecule has 0 aliphatic rings. The number of aromatic nitrogens is 3. The van der Waals surface area contributed by atoms with Crippen LogP contribution in [0.4, 0.5) is 0 Å². The molecule has 0 saturated carbocycles. The van der Waals surface area contributed by atoms with Gasteiger partial charge in [-0.3, -0.25) is 0 Å². The van der Waals surface area contributed by atoms with Crippen molar-refractivity contribution in [3.05, 3.63) is 73.4 Å². The van der Waals surface area contributed by atoms with E-state index in [1.807, 2.05) is 6.92 Å². The van der Waals surface area contributed by atoms with Gasteiger partial charge >= 0.3 is 276 Å². The molecule has 0 amide bonds. The summed E-state index contributed by atoms with van der Waals surface area (Å²) in [5.74, 6) is 0. The Kier molecular flexibility index (Phi) is 15.5. The van der Waals surface area contributed by atoms with Gasteiger partial charge in [0.05, 0.1) is 0 Å². The van der Waals surface area contributed by atoms with Gasteiger partial charge in [-0.2, -0.15) is 0 Å². The Labute approximate surface area is 274 Å². The average Bonchev–Trinajstić information content (AvgIpc) is 3.55. The summed E-state index contributed by atoms with van der Waals surface area (Å²) in [6, 6.07) is 0. The molecule has 3 nitrogen and oxygen atoms in total. The van der Waals surface area contributed by atoms with Crippen LogP contribution in [0.2, 0.25) is 0 Å². The third-order valence-electron chi connectivity index (χ3n) is 8.63. The number of rotatable bonds is 13. The molecule has 0 aliphatic heterocycles. The molecular formula is C37H59N3Ru2. The molecule has 0 saturated heterocycles. The van der Waals surface area contributed by atoms with Crippen LogP contribution in [0.5, 0.6) is 0 Å². The van der Waals surface area contributed by atoms with E-state index in [0.29, 0.717) is 0 Å². The summed E-state index contributed by atoms with van der Waals surface area (Å²) < 4.78 is 14.9. The molecular weight excluding hydrogens is 689 g/mol. The zero-order valence-corrected chi connectivity index (χ0v) is 32.5. The maximum atomic E-state index is 2.68. The van der Waals surface area contributed by atoms with Gasteiger partial charge in [-0.1, -0.05) is 0 Å². The second-order valence-corrected chi connectivity index (χ2v) is 14.7. The summed E-state index contributed by atoms with van der Waals surface area (Å²) in [5.41, 5.74) is 14.1. The van der Waals surface area contributed by atoms with Crippen molar-refractivity contribution < 1.29 is 34.3 Å². The summed E-state index contributed by atoms with van der Waals surface area (Å²) in [4.78, 5) is 0. The fraction of sp³-hybridized carbons (Fsp3) is 0.568. The van der Waals surface area contributed by atoms with Crippen molar-refractivity contribution in [2.24, 2.45) is 7.05 Å². The summed E-state index contributed by atoms with van der Waals surface area (Å²) in [7, 11) is 2.17. The third kappa shape index (κ3) is 7.61. The van der Waals surface area contributed by atoms with E-state index in [4.69, 9.17) is 0 Å². The van der Waals surface area contributed by atoms with Crippen molar-refractivity contribution in [3.63, 3.8) is 0 Å². The van der Waals surface area contributed by atoms with Crippen LogP contribution in [-0.2, 0) is 92.9 Å². The fourth-order valence-corrected chi connectivity index (χ4v) is 11.7. The minimum absolute atomic E-state index is 0.0561. The van der Waals surface area contributed by atoms with Crippen molar-refractivity contribution in [1.29, 1.82) is 0 Å². The molecule has 238 valence electrons. The normalized spacial score (nSPS) is 11.9. The summed E-state index contributed by atoms with van der Waals surface area (Å²) in [6.07, 6.45) is 13.3. The molecule has 0 aromatic carbocycles. The molecule has 0 spiro atoms. The zero-order valence-electron chi connectivity index (χ0n) is 29.0. The predicted molar refractivity (Wildman–Crippen MR) is 179 cm³/mol. The van der Waals surface area contributed by atoms with E-state index in [1.54, 1.807) is 42.2 Å². The van der Waals surface area contributed by atoms with Crippen LogP contribution in [0.1, 0.15) is 113 Å². The summed E-state index contributed by atoms with van der Waals surface area (Å²) >= 11 is 0.246. The molecule has 0 unspecified atom stereocenters. The van der Waals surface area contributed by atoms with E-state index in [1.165, 1.54) is 46.8 Å². The Morgan fingerprint density at radius 3 is 1.33 bits per heavy atom. The van der Waals surface area contributed by atoms with Crippen LogP contribution in [0, 0.1) is 20.8 Å². The van der Waals surface area contributed by atoms with Gasteiger partial charge in [0.1, 0.15) is 0 Å². The third-order valence-corrected chi connectivity index (χ3v) is 13.8. The molecule has 3 heterocycles. The van der Waals surface area contributed by atoms with Crippen LogP contribution in [-0.4, -0.2) is 13.7 Å². The van der Waals surface area contributed by atoms with Crippen LogP contribution in [0.3, 0.4) is 0 Å². The number of hydrogen-bond donors (Lipinski definition) is 0. The van der Waals surface area contributed by atoms with Gasteiger partial charge in [0, 0.05) is 0 Å². The van der Waals surface area contributed by atoms with Gasteiger partial charge < -0.3 is 0 Å². The Morgan fingerprint density at radius 1 is 0.571 bits per heavy atom. The van der Waals surface area contributed by atoms with Crippen LogP contribution in [0.15, 0.2) is 22.9 Å². The fourth-order valence-electron chi connectivity index (χ4n) is 6.21. The van der Waals surface area contributed by atoms with Crippen molar-refractivity contribution in [1.82, 2.24) is 13.7 Å². The van der Waals surface area contributed by atoms with Gasteiger partial charge in [-0.05, 0) is 0 Å². The topological polar surface area (TPSA) is 14.8 Å². The Balaban J connectivity index is 0.000000347. The quantitative estimate of drug-likeness (QED) is 0.127. The second kappa shape index (κ2) is 17.8. The van der Waals surface area contributed by atoms with E-state index in [9.17, 15) is 0 Å². The van der Waals surface area contributed by atoms with Gasteiger partial charge in [-0.25, -0.2) is 0 Å². The Bertz CT molecular complexity index is 1210. The van der Waals surface area contributed by atoms with Gasteiger partial charge in [0.2, 0.25) is 0 Å². The molecule has 3 rings (SSSR count). The van der Waals surface area contributed by atoms with E-state index >= 15 is 0 Å². The van der Waals surface area contributed by atoms with E-state index < -0.39 is 0 Å². The van der Waals surface area contributed by atoms with Crippen LogP contribution < -0.4 is 12.9 Å². The monoisotopic (exact) mass is 749 g/mol. The average molecular weight is 748 g/mol. The number of hydrogen-bond acceptors (Lipinski definition) is 0. The SMILES string of the molecule is CC=CC=[CH][Ru][c]1c(C)c(C)c(C)n1C.CCc1c(CC)[c]([Ru][c]2c(CC)c(CC)c(CC)n2CC)n(CC)c1CC. The van der Waals surface area contributed by atoms with Crippen LogP contribution in [0.25, 0.3) is 0 Å². The molecule has 42 heavy (non-hydrogen) atoms. The second-order valence-electron chi connectivity index (χ2n) is 10.7.